The number of halogens is 4. The predicted octanol–water partition coefficient (Wildman–Crippen LogP) is 4.03. The SMILES string of the molecule is Nc1c(Cl)cc(C[C@@H](OC(=O)N2CCC(N3CCc4ccccc4NC3=O)CC2)C(=O)N2CCC(N3CCN(CC(=O)OCCN4CCOCC4)CC3)CC2)cc1C(F)(F)F. The van der Waals surface area contributed by atoms with E-state index in [-0.39, 0.29) is 60.7 Å². The number of piperidine rings is 2. The van der Waals surface area contributed by atoms with E-state index in [9.17, 15) is 32.3 Å². The Morgan fingerprint density at radius 2 is 1.54 bits per heavy atom. The molecule has 1 atom stereocenters. The number of urea groups is 1. The first kappa shape index (κ1) is 44.7. The number of nitrogens with two attached hydrogens (primary N) is 1. The third-order valence-corrected chi connectivity index (χ3v) is 12.9. The molecule has 4 fully saturated rings. The molecule has 0 radical (unpaired) electrons. The summed E-state index contributed by atoms with van der Waals surface area (Å²) in [6.07, 6.45) is -4.33. The Balaban J connectivity index is 0.925. The van der Waals surface area contributed by atoms with Crippen LogP contribution in [0.1, 0.15) is 42.4 Å². The fraction of sp³-hybridized carbons (Fsp3) is 0.619. The summed E-state index contributed by atoms with van der Waals surface area (Å²) < 4.78 is 58.6. The summed E-state index contributed by atoms with van der Waals surface area (Å²) in [5.74, 6) is -0.737. The standard InChI is InChI=1S/C42H56ClF3N8O7/c43-34-26-29(25-33(38(34)47)42(44,45)46)27-36(61-41(58)53-12-8-32(9-13-53)54-14-5-30-3-1-2-4-35(30)48-40(54)57)39(56)52-10-6-31(7-11-52)51-17-15-50(16-18-51)28-37(55)60-24-21-49-19-22-59-23-20-49/h1-4,25-26,31-32,36H,5-24,27-28,47H2,(H,48,57)/t36-/m1/s1. The number of carbonyl (C=O) groups is 4. The molecule has 19 heteroatoms. The fourth-order valence-corrected chi connectivity index (χ4v) is 9.24. The number of ether oxygens (including phenoxy) is 3. The van der Waals surface area contributed by atoms with Crippen LogP contribution in [0.2, 0.25) is 5.02 Å². The minimum absolute atomic E-state index is 0.0540. The van der Waals surface area contributed by atoms with E-state index in [1.807, 2.05) is 24.3 Å². The number of hydrogen-bond acceptors (Lipinski definition) is 11. The highest BCUT2D eigenvalue weighted by Crippen LogP contribution is 2.38. The molecule has 5 heterocycles. The highest BCUT2D eigenvalue weighted by atomic mass is 35.5. The first-order chi connectivity index (χ1) is 29.3. The smallest absolute Gasteiger partial charge is 0.418 e. The zero-order valence-corrected chi connectivity index (χ0v) is 35.1. The van der Waals surface area contributed by atoms with Crippen molar-refractivity contribution in [3.8, 4) is 0 Å². The van der Waals surface area contributed by atoms with Crippen molar-refractivity contribution in [1.82, 2.24) is 29.4 Å². The summed E-state index contributed by atoms with van der Waals surface area (Å²) in [4.78, 5) is 65.1. The first-order valence-corrected chi connectivity index (χ1v) is 21.7. The lowest BCUT2D eigenvalue weighted by molar-refractivity contribution is -0.146. The van der Waals surface area contributed by atoms with E-state index >= 15 is 0 Å². The minimum atomic E-state index is -4.79. The number of esters is 1. The number of fused-ring (bicyclic) bond motifs is 1. The van der Waals surface area contributed by atoms with Gasteiger partial charge in [-0.05, 0) is 61.4 Å². The number of amides is 4. The summed E-state index contributed by atoms with van der Waals surface area (Å²) in [6, 6.07) is 9.66. The number of nitrogen functional groups attached to an aromatic ring is 1. The van der Waals surface area contributed by atoms with Crippen LogP contribution in [0.5, 0.6) is 0 Å². The second-order valence-corrected chi connectivity index (χ2v) is 16.8. The number of benzene rings is 2. The van der Waals surface area contributed by atoms with Gasteiger partial charge in [0.25, 0.3) is 5.91 Å². The molecule has 4 saturated heterocycles. The number of likely N-dealkylation sites (tertiary alicyclic amines) is 2. The van der Waals surface area contributed by atoms with Crippen molar-refractivity contribution in [2.75, 3.05) is 116 Å². The van der Waals surface area contributed by atoms with E-state index in [1.165, 1.54) is 11.0 Å². The Kier molecular flexibility index (Phi) is 14.8. The third kappa shape index (κ3) is 11.6. The molecule has 2 aromatic rings. The summed E-state index contributed by atoms with van der Waals surface area (Å²) in [6.45, 7) is 9.07. The third-order valence-electron chi connectivity index (χ3n) is 12.6. The van der Waals surface area contributed by atoms with Crippen molar-refractivity contribution >= 4 is 47.0 Å². The van der Waals surface area contributed by atoms with Crippen LogP contribution in [0.25, 0.3) is 0 Å². The van der Waals surface area contributed by atoms with E-state index in [2.05, 4.69) is 20.0 Å². The van der Waals surface area contributed by atoms with E-state index < -0.39 is 35.5 Å². The number of nitrogens with one attached hydrogen (secondary N) is 1. The number of anilines is 2. The molecule has 61 heavy (non-hydrogen) atoms. The number of morpholine rings is 1. The van der Waals surface area contributed by atoms with E-state index in [1.54, 1.807) is 9.80 Å². The van der Waals surface area contributed by atoms with Crippen LogP contribution < -0.4 is 11.1 Å². The Bertz CT molecular complexity index is 1860. The molecule has 0 unspecified atom stereocenters. The molecule has 5 aliphatic rings. The summed E-state index contributed by atoms with van der Waals surface area (Å²) in [7, 11) is 0. The molecule has 0 bridgehead atoms. The molecule has 334 valence electrons. The van der Waals surface area contributed by atoms with Gasteiger partial charge in [0.05, 0.1) is 36.0 Å². The van der Waals surface area contributed by atoms with Gasteiger partial charge in [0.1, 0.15) is 6.61 Å². The van der Waals surface area contributed by atoms with Crippen molar-refractivity contribution < 1.29 is 46.6 Å². The van der Waals surface area contributed by atoms with Gasteiger partial charge < -0.3 is 40.0 Å². The van der Waals surface area contributed by atoms with Gasteiger partial charge in [0.2, 0.25) is 0 Å². The lowest BCUT2D eigenvalue weighted by Crippen LogP contribution is -2.55. The van der Waals surface area contributed by atoms with Gasteiger partial charge in [-0.1, -0.05) is 29.8 Å². The van der Waals surface area contributed by atoms with Gasteiger partial charge in [-0.2, -0.15) is 13.2 Å². The predicted molar refractivity (Wildman–Crippen MR) is 221 cm³/mol. The first-order valence-electron chi connectivity index (χ1n) is 21.3. The highest BCUT2D eigenvalue weighted by Gasteiger charge is 2.39. The fourth-order valence-electron chi connectivity index (χ4n) is 9.00. The normalized spacial score (nSPS) is 21.0. The molecule has 15 nitrogen and oxygen atoms in total. The van der Waals surface area contributed by atoms with Gasteiger partial charge >= 0.3 is 24.3 Å². The van der Waals surface area contributed by atoms with Crippen LogP contribution in [0.4, 0.5) is 34.1 Å². The van der Waals surface area contributed by atoms with Crippen LogP contribution in [-0.4, -0.2) is 176 Å². The van der Waals surface area contributed by atoms with Crippen LogP contribution in [-0.2, 0) is 42.8 Å². The molecule has 2 aromatic carbocycles. The van der Waals surface area contributed by atoms with Crippen LogP contribution in [0.3, 0.4) is 0 Å². The maximum absolute atomic E-state index is 14.2. The van der Waals surface area contributed by atoms with Crippen LogP contribution in [0.15, 0.2) is 36.4 Å². The van der Waals surface area contributed by atoms with Crippen molar-refractivity contribution in [2.45, 2.75) is 62.9 Å². The monoisotopic (exact) mass is 876 g/mol. The van der Waals surface area contributed by atoms with Crippen LogP contribution in [0, 0.1) is 0 Å². The molecule has 5 aliphatic heterocycles. The van der Waals surface area contributed by atoms with E-state index in [4.69, 9.17) is 31.5 Å². The lowest BCUT2D eigenvalue weighted by atomic mass is 9.99. The van der Waals surface area contributed by atoms with E-state index in [0.717, 1.165) is 43.5 Å². The number of para-hydroxylation sites is 1. The summed E-state index contributed by atoms with van der Waals surface area (Å²) >= 11 is 6.15. The zero-order valence-electron chi connectivity index (χ0n) is 34.4. The quantitative estimate of drug-likeness (QED) is 0.249. The zero-order chi connectivity index (χ0) is 43.1. The average Bonchev–Trinajstić information content (AvgIpc) is 3.42. The highest BCUT2D eigenvalue weighted by molar-refractivity contribution is 6.33. The second kappa shape index (κ2) is 20.2. The van der Waals surface area contributed by atoms with Crippen molar-refractivity contribution in [3.05, 3.63) is 58.1 Å². The number of rotatable bonds is 11. The average molecular weight is 877 g/mol. The maximum atomic E-state index is 14.2. The molecular weight excluding hydrogens is 821 g/mol. The largest absolute Gasteiger partial charge is 0.463 e. The minimum Gasteiger partial charge on any atom is -0.463 e. The Labute approximate surface area is 359 Å². The van der Waals surface area contributed by atoms with E-state index in [0.29, 0.717) is 91.2 Å². The van der Waals surface area contributed by atoms with Crippen molar-refractivity contribution in [3.63, 3.8) is 0 Å². The number of hydrogen-bond donors (Lipinski definition) is 2. The molecular formula is C42H56ClF3N8O7. The van der Waals surface area contributed by atoms with Gasteiger partial charge in [-0.25, -0.2) is 9.59 Å². The summed E-state index contributed by atoms with van der Waals surface area (Å²) in [5.41, 5.74) is 5.83. The Morgan fingerprint density at radius 3 is 2.25 bits per heavy atom. The van der Waals surface area contributed by atoms with Gasteiger partial charge in [0.15, 0.2) is 6.10 Å². The Hall–Kier alpha value is -4.36. The lowest BCUT2D eigenvalue weighted by Gasteiger charge is -2.43. The van der Waals surface area contributed by atoms with Crippen molar-refractivity contribution in [1.29, 1.82) is 0 Å². The van der Waals surface area contributed by atoms with Gasteiger partial charge in [0, 0.05) is 103 Å². The molecule has 0 aromatic heterocycles. The molecule has 4 amide bonds. The molecule has 3 N–H and O–H groups in total. The van der Waals surface area contributed by atoms with Gasteiger partial charge in [-0.15, -0.1) is 0 Å². The summed E-state index contributed by atoms with van der Waals surface area (Å²) in [5, 5.41) is 2.67. The molecule has 0 spiro atoms. The second-order valence-electron chi connectivity index (χ2n) is 16.4. The molecule has 7 rings (SSSR count). The van der Waals surface area contributed by atoms with Gasteiger partial charge in [-0.3, -0.25) is 24.3 Å². The number of carbonyl (C=O) groups excluding carboxylic acids is 4. The number of nitrogens with zero attached hydrogens (tertiary/aromatic N) is 6. The Morgan fingerprint density at radius 1 is 0.869 bits per heavy atom. The number of alkyl halides is 3. The van der Waals surface area contributed by atoms with Crippen molar-refractivity contribution in [2.24, 2.45) is 0 Å². The maximum Gasteiger partial charge on any atom is 0.418 e. The molecule has 0 saturated carbocycles. The molecule has 0 aliphatic carbocycles. The topological polar surface area (TPSA) is 153 Å². The number of piperazine rings is 1. The van der Waals surface area contributed by atoms with Crippen LogP contribution >= 0.6 is 11.6 Å².